The van der Waals surface area contributed by atoms with Gasteiger partial charge in [0.15, 0.2) is 5.69 Å². The summed E-state index contributed by atoms with van der Waals surface area (Å²) in [5, 5.41) is 24.6. The van der Waals surface area contributed by atoms with Gasteiger partial charge in [0.1, 0.15) is 5.75 Å². The Labute approximate surface area is 139 Å². The molecule has 0 unspecified atom stereocenters. The zero-order chi connectivity index (χ0) is 16.7. The number of aromatic nitrogens is 3. The van der Waals surface area contributed by atoms with E-state index in [4.69, 9.17) is 0 Å². The highest BCUT2D eigenvalue weighted by Crippen LogP contribution is 2.41. The maximum atomic E-state index is 12.6. The van der Waals surface area contributed by atoms with Crippen molar-refractivity contribution in [1.29, 1.82) is 0 Å². The average Bonchev–Trinajstić information content (AvgIpc) is 3.23. The first kappa shape index (κ1) is 15.1. The molecule has 1 amide bonds. The third-order valence-electron chi connectivity index (χ3n) is 5.25. The molecule has 1 aliphatic heterocycles. The van der Waals surface area contributed by atoms with Crippen LogP contribution in [0.15, 0.2) is 36.8 Å². The predicted molar refractivity (Wildman–Crippen MR) is 85.3 cm³/mol. The summed E-state index contributed by atoms with van der Waals surface area (Å²) < 4.78 is 1.82. The molecule has 2 aromatic rings. The number of carbonyl (C=O) groups excluding carboxylic acids is 1. The maximum absolute atomic E-state index is 12.6. The molecule has 4 rings (SSSR count). The molecular formula is C17H20N4O3. The molecule has 2 aromatic heterocycles. The molecule has 2 fully saturated rings. The first-order valence-corrected chi connectivity index (χ1v) is 8.24. The zero-order valence-electron chi connectivity index (χ0n) is 13.2. The Balaban J connectivity index is 1.50. The molecule has 0 spiro atoms. The topological polar surface area (TPSA) is 91.5 Å². The highest BCUT2D eigenvalue weighted by molar-refractivity contribution is 5.95. The molecule has 7 nitrogen and oxygen atoms in total. The number of fused-ring (bicyclic) bond motifs is 1. The minimum Gasteiger partial charge on any atom is -0.505 e. The molecule has 126 valence electrons. The van der Waals surface area contributed by atoms with Crippen LogP contribution in [0.3, 0.4) is 0 Å². The molecule has 24 heavy (non-hydrogen) atoms. The number of hydrogen-bond acceptors (Lipinski definition) is 5. The lowest BCUT2D eigenvalue weighted by atomic mass is 9.77. The minimum atomic E-state index is -0.454. The Morgan fingerprint density at radius 2 is 1.96 bits per heavy atom. The second kappa shape index (κ2) is 5.90. The van der Waals surface area contributed by atoms with Crippen molar-refractivity contribution < 1.29 is 15.0 Å². The monoisotopic (exact) mass is 328 g/mol. The molecule has 0 bridgehead atoms. The van der Waals surface area contributed by atoms with Gasteiger partial charge in [0.25, 0.3) is 5.91 Å². The maximum Gasteiger partial charge on any atom is 0.276 e. The second-order valence-corrected chi connectivity index (χ2v) is 6.69. The van der Waals surface area contributed by atoms with Crippen LogP contribution in [0, 0.1) is 11.8 Å². The van der Waals surface area contributed by atoms with Crippen LogP contribution in [0.2, 0.25) is 0 Å². The Morgan fingerprint density at radius 1 is 1.17 bits per heavy atom. The number of nitrogens with zero attached hydrogens (tertiary/aromatic N) is 4. The summed E-state index contributed by atoms with van der Waals surface area (Å²) in [6, 6.07) is 4.88. The van der Waals surface area contributed by atoms with Gasteiger partial charge in [-0.05, 0) is 42.9 Å². The molecule has 3 heterocycles. The average molecular weight is 328 g/mol. The predicted octanol–water partition coefficient (Wildman–Crippen LogP) is 1.07. The summed E-state index contributed by atoms with van der Waals surface area (Å²) in [6.07, 6.45) is 6.10. The van der Waals surface area contributed by atoms with E-state index in [1.54, 1.807) is 17.2 Å². The Hall–Kier alpha value is -2.41. The van der Waals surface area contributed by atoms with E-state index in [1.165, 1.54) is 12.3 Å². The van der Waals surface area contributed by atoms with Crippen molar-refractivity contribution in [3.63, 3.8) is 0 Å². The van der Waals surface area contributed by atoms with Gasteiger partial charge in [-0.3, -0.25) is 9.48 Å². The quantitative estimate of drug-likeness (QED) is 0.860. The number of carbonyl (C=O) groups is 1. The van der Waals surface area contributed by atoms with Gasteiger partial charge >= 0.3 is 0 Å². The van der Waals surface area contributed by atoms with Crippen molar-refractivity contribution >= 4 is 5.91 Å². The van der Waals surface area contributed by atoms with Crippen LogP contribution in [0.25, 0.3) is 0 Å². The van der Waals surface area contributed by atoms with Crippen molar-refractivity contribution in [2.24, 2.45) is 11.8 Å². The largest absolute Gasteiger partial charge is 0.505 e. The van der Waals surface area contributed by atoms with E-state index in [-0.39, 0.29) is 29.3 Å². The van der Waals surface area contributed by atoms with Crippen LogP contribution in [0.4, 0.5) is 0 Å². The van der Waals surface area contributed by atoms with Gasteiger partial charge in [0.05, 0.1) is 12.1 Å². The van der Waals surface area contributed by atoms with Crippen LogP contribution in [-0.4, -0.2) is 55.0 Å². The van der Waals surface area contributed by atoms with Crippen molar-refractivity contribution in [2.75, 3.05) is 13.1 Å². The van der Waals surface area contributed by atoms with E-state index >= 15 is 0 Å². The lowest BCUT2D eigenvalue weighted by Crippen LogP contribution is -2.36. The molecule has 1 saturated heterocycles. The normalized spacial score (nSPS) is 29.5. The lowest BCUT2D eigenvalue weighted by Gasteiger charge is -2.35. The number of rotatable bonds is 2. The number of aliphatic hydroxyl groups is 1. The first-order valence-electron chi connectivity index (χ1n) is 8.24. The smallest absolute Gasteiger partial charge is 0.276 e. The number of aliphatic hydroxyl groups excluding tert-OH is 1. The molecule has 0 aromatic carbocycles. The third-order valence-corrected chi connectivity index (χ3v) is 5.25. The first-order chi connectivity index (χ1) is 11.6. The van der Waals surface area contributed by atoms with Crippen molar-refractivity contribution in [3.05, 3.63) is 42.5 Å². The third kappa shape index (κ3) is 2.54. The van der Waals surface area contributed by atoms with Crippen molar-refractivity contribution in [2.45, 2.75) is 25.0 Å². The van der Waals surface area contributed by atoms with Gasteiger partial charge in [-0.25, -0.2) is 4.98 Å². The van der Waals surface area contributed by atoms with Crippen LogP contribution in [-0.2, 0) is 0 Å². The standard InChI is InChI=1S/C17H20N4O3/c22-14-3-1-4-18-16(14)17(24)20-9-11-7-13(21-6-2-5-19-21)15(23)8-12(11)10-20/h1-6,11-13,15,22-23H,7-10H2/t11-,12+,13-,15-/m1/s1. The highest BCUT2D eigenvalue weighted by atomic mass is 16.3. The highest BCUT2D eigenvalue weighted by Gasteiger charge is 2.44. The second-order valence-electron chi connectivity index (χ2n) is 6.69. The minimum absolute atomic E-state index is 0.0421. The van der Waals surface area contributed by atoms with Crippen LogP contribution in [0.5, 0.6) is 5.75 Å². The van der Waals surface area contributed by atoms with Gasteiger partial charge in [0.2, 0.25) is 0 Å². The fourth-order valence-corrected chi connectivity index (χ4v) is 4.05. The number of hydrogen-bond donors (Lipinski definition) is 2. The summed E-state index contributed by atoms with van der Waals surface area (Å²) in [7, 11) is 0. The zero-order valence-corrected chi connectivity index (χ0v) is 13.2. The Bertz CT molecular complexity index is 733. The van der Waals surface area contributed by atoms with Gasteiger partial charge in [-0.15, -0.1) is 0 Å². The summed E-state index contributed by atoms with van der Waals surface area (Å²) >= 11 is 0. The van der Waals surface area contributed by atoms with E-state index in [1.807, 2.05) is 16.9 Å². The number of pyridine rings is 1. The van der Waals surface area contributed by atoms with E-state index in [2.05, 4.69) is 10.1 Å². The SMILES string of the molecule is O=C(c1ncccc1O)N1C[C@H]2C[C@@H](n3cccn3)[C@H](O)C[C@H]2C1. The fourth-order valence-electron chi connectivity index (χ4n) is 4.05. The molecular weight excluding hydrogens is 308 g/mol. The Kier molecular flexibility index (Phi) is 3.72. The summed E-state index contributed by atoms with van der Waals surface area (Å²) in [5.74, 6) is 0.276. The molecule has 7 heteroatoms. The van der Waals surface area contributed by atoms with Gasteiger partial charge in [0, 0.05) is 31.7 Å². The number of amides is 1. The molecule has 4 atom stereocenters. The molecule has 1 saturated carbocycles. The summed E-state index contributed by atoms with van der Waals surface area (Å²) in [6.45, 7) is 1.23. The van der Waals surface area contributed by atoms with Crippen LogP contribution >= 0.6 is 0 Å². The van der Waals surface area contributed by atoms with Crippen molar-refractivity contribution in [1.82, 2.24) is 19.7 Å². The van der Waals surface area contributed by atoms with Gasteiger partial charge in [-0.1, -0.05) is 0 Å². The van der Waals surface area contributed by atoms with E-state index in [0.717, 1.165) is 6.42 Å². The number of aromatic hydroxyl groups is 1. The molecule has 2 N–H and O–H groups in total. The summed E-state index contributed by atoms with van der Waals surface area (Å²) in [5.41, 5.74) is 0.0975. The molecule has 0 radical (unpaired) electrons. The van der Waals surface area contributed by atoms with Gasteiger partial charge < -0.3 is 15.1 Å². The van der Waals surface area contributed by atoms with Crippen molar-refractivity contribution in [3.8, 4) is 5.75 Å². The molecule has 2 aliphatic rings. The van der Waals surface area contributed by atoms with Crippen LogP contribution in [0.1, 0.15) is 29.4 Å². The van der Waals surface area contributed by atoms with Gasteiger partial charge in [-0.2, -0.15) is 5.10 Å². The van der Waals surface area contributed by atoms with Crippen LogP contribution < -0.4 is 0 Å². The summed E-state index contributed by atoms with van der Waals surface area (Å²) in [4.78, 5) is 18.4. The molecule has 1 aliphatic carbocycles. The van der Waals surface area contributed by atoms with E-state index in [9.17, 15) is 15.0 Å². The van der Waals surface area contributed by atoms with E-state index < -0.39 is 6.10 Å². The van der Waals surface area contributed by atoms with E-state index in [0.29, 0.717) is 25.4 Å². The fraction of sp³-hybridized carbons (Fsp3) is 0.471. The Morgan fingerprint density at radius 3 is 2.67 bits per heavy atom. The number of likely N-dealkylation sites (tertiary alicyclic amines) is 1. The lowest BCUT2D eigenvalue weighted by molar-refractivity contribution is 0.0306.